The number of nitrogens with one attached hydrogen (secondary N) is 1. The second kappa shape index (κ2) is 5.98. The van der Waals surface area contributed by atoms with E-state index in [0.717, 1.165) is 17.3 Å². The van der Waals surface area contributed by atoms with Crippen LogP contribution < -0.4 is 10.1 Å². The molecule has 1 aromatic carbocycles. The third-order valence-corrected chi connectivity index (χ3v) is 3.48. The van der Waals surface area contributed by atoms with Crippen molar-refractivity contribution in [2.24, 2.45) is 0 Å². The van der Waals surface area contributed by atoms with Gasteiger partial charge < -0.3 is 10.1 Å². The molecule has 1 N–H and O–H groups in total. The summed E-state index contributed by atoms with van der Waals surface area (Å²) in [6.45, 7) is 5.56. The van der Waals surface area contributed by atoms with E-state index in [1.54, 1.807) is 11.3 Å². The Bertz CT molecular complexity index is 502. The van der Waals surface area contributed by atoms with Crippen molar-refractivity contribution in [3.05, 3.63) is 45.4 Å². The van der Waals surface area contributed by atoms with Crippen molar-refractivity contribution >= 4 is 11.3 Å². The Morgan fingerprint density at radius 3 is 2.61 bits per heavy atom. The van der Waals surface area contributed by atoms with Crippen LogP contribution >= 0.6 is 11.3 Å². The standard InChI is InChI=1S/C14H18N2OS/c1-10-4-11(2)6-12(5-10)17-9-14-16-8-13(18-14)7-15-3/h4-6,8,15H,7,9H2,1-3H3. The normalized spacial score (nSPS) is 10.6. The molecule has 2 rings (SSSR count). The van der Waals surface area contributed by atoms with E-state index in [1.165, 1.54) is 16.0 Å². The zero-order chi connectivity index (χ0) is 13.0. The topological polar surface area (TPSA) is 34.2 Å². The van der Waals surface area contributed by atoms with Crippen LogP contribution in [0, 0.1) is 13.8 Å². The number of hydrogen-bond acceptors (Lipinski definition) is 4. The lowest BCUT2D eigenvalue weighted by Gasteiger charge is -2.06. The van der Waals surface area contributed by atoms with Crippen LogP contribution in [0.2, 0.25) is 0 Å². The van der Waals surface area contributed by atoms with Crippen LogP contribution in [0.3, 0.4) is 0 Å². The van der Waals surface area contributed by atoms with Crippen molar-refractivity contribution in [3.8, 4) is 5.75 Å². The van der Waals surface area contributed by atoms with Crippen molar-refractivity contribution in [2.45, 2.75) is 27.0 Å². The van der Waals surface area contributed by atoms with Gasteiger partial charge in [0.15, 0.2) is 0 Å². The number of aromatic nitrogens is 1. The van der Waals surface area contributed by atoms with Gasteiger partial charge in [0.1, 0.15) is 17.4 Å². The number of rotatable bonds is 5. The van der Waals surface area contributed by atoms with Crippen molar-refractivity contribution in [1.29, 1.82) is 0 Å². The van der Waals surface area contributed by atoms with Crippen LogP contribution in [-0.2, 0) is 13.2 Å². The number of hydrogen-bond donors (Lipinski definition) is 1. The van der Waals surface area contributed by atoms with Crippen molar-refractivity contribution in [3.63, 3.8) is 0 Å². The lowest BCUT2D eigenvalue weighted by Crippen LogP contribution is -2.02. The second-order valence-electron chi connectivity index (χ2n) is 4.36. The Hall–Kier alpha value is -1.39. The average Bonchev–Trinajstić information content (AvgIpc) is 2.74. The summed E-state index contributed by atoms with van der Waals surface area (Å²) >= 11 is 1.69. The Labute approximate surface area is 112 Å². The van der Waals surface area contributed by atoms with Gasteiger partial charge in [-0.15, -0.1) is 11.3 Å². The van der Waals surface area contributed by atoms with Gasteiger partial charge >= 0.3 is 0 Å². The molecule has 0 saturated heterocycles. The quantitative estimate of drug-likeness (QED) is 0.899. The lowest BCUT2D eigenvalue weighted by molar-refractivity contribution is 0.305. The molecular weight excluding hydrogens is 244 g/mol. The van der Waals surface area contributed by atoms with E-state index in [1.807, 2.05) is 13.2 Å². The third kappa shape index (κ3) is 3.55. The van der Waals surface area contributed by atoms with Gasteiger partial charge in [-0.25, -0.2) is 4.98 Å². The van der Waals surface area contributed by atoms with Gasteiger partial charge in [0, 0.05) is 17.6 Å². The van der Waals surface area contributed by atoms with E-state index in [9.17, 15) is 0 Å². The molecule has 0 atom stereocenters. The van der Waals surface area contributed by atoms with E-state index in [0.29, 0.717) is 6.61 Å². The van der Waals surface area contributed by atoms with E-state index in [-0.39, 0.29) is 0 Å². The number of benzene rings is 1. The van der Waals surface area contributed by atoms with Crippen LogP contribution in [-0.4, -0.2) is 12.0 Å². The Morgan fingerprint density at radius 1 is 1.22 bits per heavy atom. The maximum absolute atomic E-state index is 5.77. The Balaban J connectivity index is 1.97. The van der Waals surface area contributed by atoms with Gasteiger partial charge in [0.2, 0.25) is 0 Å². The molecule has 3 nitrogen and oxygen atoms in total. The van der Waals surface area contributed by atoms with Gasteiger partial charge in [-0.05, 0) is 44.2 Å². The van der Waals surface area contributed by atoms with Crippen LogP contribution in [0.4, 0.5) is 0 Å². The molecule has 96 valence electrons. The molecule has 0 amide bonds. The van der Waals surface area contributed by atoms with Gasteiger partial charge in [0.05, 0.1) is 0 Å². The van der Waals surface area contributed by atoms with Gasteiger partial charge in [-0.3, -0.25) is 0 Å². The van der Waals surface area contributed by atoms with E-state index >= 15 is 0 Å². The van der Waals surface area contributed by atoms with Gasteiger partial charge in [-0.2, -0.15) is 0 Å². The number of ether oxygens (including phenoxy) is 1. The van der Waals surface area contributed by atoms with Crippen LogP contribution in [0.25, 0.3) is 0 Å². The molecule has 0 radical (unpaired) electrons. The molecule has 0 fully saturated rings. The summed E-state index contributed by atoms with van der Waals surface area (Å²) in [6, 6.07) is 6.24. The molecule has 0 saturated carbocycles. The fraction of sp³-hybridized carbons (Fsp3) is 0.357. The monoisotopic (exact) mass is 262 g/mol. The minimum absolute atomic E-state index is 0.539. The van der Waals surface area contributed by atoms with Gasteiger partial charge in [-0.1, -0.05) is 6.07 Å². The highest BCUT2D eigenvalue weighted by atomic mass is 32.1. The first-order valence-corrected chi connectivity index (χ1v) is 6.78. The first-order chi connectivity index (χ1) is 8.67. The second-order valence-corrected chi connectivity index (χ2v) is 5.56. The summed E-state index contributed by atoms with van der Waals surface area (Å²) in [7, 11) is 1.94. The van der Waals surface area contributed by atoms with E-state index in [2.05, 4.69) is 42.3 Å². The molecule has 18 heavy (non-hydrogen) atoms. The number of aryl methyl sites for hydroxylation is 2. The van der Waals surface area contributed by atoms with Crippen LogP contribution in [0.1, 0.15) is 21.0 Å². The average molecular weight is 262 g/mol. The first kappa shape index (κ1) is 13.1. The fourth-order valence-corrected chi connectivity index (χ4v) is 2.68. The van der Waals surface area contributed by atoms with Gasteiger partial charge in [0.25, 0.3) is 0 Å². The molecule has 0 aliphatic heterocycles. The zero-order valence-corrected chi connectivity index (χ0v) is 11.8. The molecule has 0 unspecified atom stereocenters. The maximum Gasteiger partial charge on any atom is 0.140 e. The summed E-state index contributed by atoms with van der Waals surface area (Å²) in [4.78, 5) is 5.58. The largest absolute Gasteiger partial charge is 0.486 e. The summed E-state index contributed by atoms with van der Waals surface area (Å²) in [5.41, 5.74) is 2.44. The minimum atomic E-state index is 0.539. The molecule has 1 aromatic heterocycles. The van der Waals surface area contributed by atoms with Crippen molar-refractivity contribution in [2.75, 3.05) is 7.05 Å². The highest BCUT2D eigenvalue weighted by Gasteiger charge is 2.03. The highest BCUT2D eigenvalue weighted by Crippen LogP contribution is 2.19. The molecule has 0 bridgehead atoms. The smallest absolute Gasteiger partial charge is 0.140 e. The predicted molar refractivity (Wildman–Crippen MR) is 75.1 cm³/mol. The van der Waals surface area contributed by atoms with Crippen LogP contribution in [0.15, 0.2) is 24.4 Å². The molecule has 1 heterocycles. The highest BCUT2D eigenvalue weighted by molar-refractivity contribution is 7.11. The fourth-order valence-electron chi connectivity index (χ4n) is 1.83. The molecular formula is C14H18N2OS. The van der Waals surface area contributed by atoms with Crippen molar-refractivity contribution < 1.29 is 4.74 Å². The summed E-state index contributed by atoms with van der Waals surface area (Å²) in [6.07, 6.45) is 1.90. The molecule has 0 aliphatic carbocycles. The zero-order valence-electron chi connectivity index (χ0n) is 11.0. The third-order valence-electron chi connectivity index (χ3n) is 2.51. The lowest BCUT2D eigenvalue weighted by atomic mass is 10.1. The van der Waals surface area contributed by atoms with Crippen molar-refractivity contribution in [1.82, 2.24) is 10.3 Å². The SMILES string of the molecule is CNCc1cnc(COc2cc(C)cc(C)c2)s1. The number of thiazole rings is 1. The molecule has 0 spiro atoms. The Kier molecular flexibility index (Phi) is 4.33. The number of nitrogens with zero attached hydrogens (tertiary/aromatic N) is 1. The Morgan fingerprint density at radius 2 is 1.94 bits per heavy atom. The molecule has 2 aromatic rings. The van der Waals surface area contributed by atoms with Crippen LogP contribution in [0.5, 0.6) is 5.75 Å². The summed E-state index contributed by atoms with van der Waals surface area (Å²) in [5.74, 6) is 0.915. The maximum atomic E-state index is 5.77. The first-order valence-electron chi connectivity index (χ1n) is 5.96. The molecule has 0 aliphatic rings. The van der Waals surface area contributed by atoms with E-state index in [4.69, 9.17) is 4.74 Å². The van der Waals surface area contributed by atoms with E-state index < -0.39 is 0 Å². The summed E-state index contributed by atoms with van der Waals surface area (Å²) < 4.78 is 5.77. The predicted octanol–water partition coefficient (Wildman–Crippen LogP) is 3.06. The minimum Gasteiger partial charge on any atom is -0.486 e. The summed E-state index contributed by atoms with van der Waals surface area (Å²) in [5, 5.41) is 4.13. The molecule has 4 heteroatoms.